The minimum Gasteiger partial charge on any atom is -0.354 e. The molecule has 2 aliphatic rings. The lowest BCUT2D eigenvalue weighted by atomic mass is 10.1. The maximum atomic E-state index is 12.2. The fraction of sp³-hybridized carbons (Fsp3) is 0.0455. The molecule has 5 rings (SSSR count). The number of nitrogens with one attached hydrogen (secondary N) is 2. The van der Waals surface area contributed by atoms with Crippen LogP contribution in [-0.4, -0.2) is 17.3 Å². The van der Waals surface area contributed by atoms with Crippen LogP contribution in [0.1, 0.15) is 18.1 Å². The van der Waals surface area contributed by atoms with E-state index >= 15 is 0 Å². The van der Waals surface area contributed by atoms with Crippen LogP contribution in [0.2, 0.25) is 5.02 Å². The lowest BCUT2D eigenvalue weighted by Crippen LogP contribution is -2.14. The third-order valence-electron chi connectivity index (χ3n) is 4.77. The fourth-order valence-corrected chi connectivity index (χ4v) is 4.41. The Morgan fingerprint density at radius 2 is 1.76 bits per heavy atom. The first-order valence-electron chi connectivity index (χ1n) is 9.00. The molecule has 0 bridgehead atoms. The first-order valence-corrected chi connectivity index (χ1v) is 10.2. The summed E-state index contributed by atoms with van der Waals surface area (Å²) in [6.07, 6.45) is 0. The van der Waals surface area contributed by atoms with E-state index in [2.05, 4.69) is 45.1 Å². The number of rotatable bonds is 2. The van der Waals surface area contributed by atoms with Gasteiger partial charge >= 0.3 is 0 Å². The van der Waals surface area contributed by atoms with Crippen LogP contribution >= 0.6 is 23.4 Å². The van der Waals surface area contributed by atoms with Crippen molar-refractivity contribution >= 4 is 57.8 Å². The molecule has 3 aromatic carbocycles. The second kappa shape index (κ2) is 7.06. The summed E-state index contributed by atoms with van der Waals surface area (Å²) in [6.45, 7) is 1.88. The van der Waals surface area contributed by atoms with E-state index in [-0.39, 0.29) is 11.6 Å². The van der Waals surface area contributed by atoms with Crippen LogP contribution in [-0.2, 0) is 4.79 Å². The van der Waals surface area contributed by atoms with Gasteiger partial charge < -0.3 is 10.6 Å². The van der Waals surface area contributed by atoms with Crippen LogP contribution < -0.4 is 10.6 Å². The molecule has 5 nitrogen and oxygen atoms in total. The molecule has 2 N–H and O–H groups in total. The second-order valence-electron chi connectivity index (χ2n) is 6.71. The Labute approximate surface area is 176 Å². The fourth-order valence-electron chi connectivity index (χ4n) is 3.27. The van der Waals surface area contributed by atoms with Gasteiger partial charge in [0.1, 0.15) is 0 Å². The van der Waals surface area contributed by atoms with Crippen molar-refractivity contribution in [2.45, 2.75) is 16.7 Å². The summed E-state index contributed by atoms with van der Waals surface area (Å²) in [5.74, 6) is -0.279. The molecule has 0 aliphatic carbocycles. The minimum atomic E-state index is -0.279. The molecule has 0 radical (unpaired) electrons. The second-order valence-corrected chi connectivity index (χ2v) is 8.23. The number of hydrogen-bond donors (Lipinski definition) is 2. The normalized spacial score (nSPS) is 16.0. The highest BCUT2D eigenvalue weighted by Gasteiger charge is 2.26. The monoisotopic (exact) mass is 418 g/mol. The molecule has 0 unspecified atom stereocenters. The number of carbonyl (C=O) groups excluding carboxylic acids is 1. The average molecular weight is 419 g/mol. The zero-order chi connectivity index (χ0) is 20.0. The van der Waals surface area contributed by atoms with Gasteiger partial charge in [-0.1, -0.05) is 41.6 Å². The Morgan fingerprint density at radius 1 is 0.931 bits per heavy atom. The van der Waals surface area contributed by atoms with Crippen molar-refractivity contribution in [1.29, 1.82) is 0 Å². The van der Waals surface area contributed by atoms with E-state index in [0.29, 0.717) is 22.0 Å². The lowest BCUT2D eigenvalue weighted by molar-refractivity contribution is -0.110. The number of hydrogen-bond acceptors (Lipinski definition) is 5. The molecule has 7 heteroatoms. The highest BCUT2D eigenvalue weighted by Crippen LogP contribution is 2.44. The molecule has 2 aliphatic heterocycles. The Kier molecular flexibility index (Phi) is 4.38. The number of nitrogens with zero attached hydrogens (tertiary/aromatic N) is 2. The highest BCUT2D eigenvalue weighted by atomic mass is 35.5. The minimum absolute atomic E-state index is 0.266. The molecule has 0 atom stereocenters. The third kappa shape index (κ3) is 3.30. The number of halogens is 1. The van der Waals surface area contributed by atoms with Crippen LogP contribution in [0.5, 0.6) is 0 Å². The Morgan fingerprint density at radius 3 is 2.66 bits per heavy atom. The van der Waals surface area contributed by atoms with Crippen molar-refractivity contribution in [2.24, 2.45) is 10.2 Å². The van der Waals surface area contributed by atoms with Gasteiger partial charge in [0.15, 0.2) is 5.71 Å². The maximum absolute atomic E-state index is 12.2. The third-order valence-corrected chi connectivity index (χ3v) is 6.16. The van der Waals surface area contributed by atoms with Crippen molar-refractivity contribution < 1.29 is 4.79 Å². The number of anilines is 3. The number of amides is 1. The van der Waals surface area contributed by atoms with Crippen molar-refractivity contribution in [3.05, 3.63) is 76.8 Å². The van der Waals surface area contributed by atoms with Gasteiger partial charge in [-0.2, -0.15) is 5.10 Å². The Bertz CT molecular complexity index is 1240. The maximum Gasteiger partial charge on any atom is 0.276 e. The first kappa shape index (κ1) is 18.0. The largest absolute Gasteiger partial charge is 0.354 e. The van der Waals surface area contributed by atoms with Crippen LogP contribution in [0.4, 0.5) is 17.1 Å². The van der Waals surface area contributed by atoms with Gasteiger partial charge in [0.25, 0.3) is 5.91 Å². The molecule has 142 valence electrons. The molecule has 0 spiro atoms. The van der Waals surface area contributed by atoms with E-state index in [9.17, 15) is 4.79 Å². The highest BCUT2D eigenvalue weighted by molar-refractivity contribution is 7.99. The zero-order valence-corrected chi connectivity index (χ0v) is 16.9. The number of para-hydroxylation sites is 1. The quantitative estimate of drug-likeness (QED) is 0.323. The average Bonchev–Trinajstić information content (AvgIpc) is 3.04. The van der Waals surface area contributed by atoms with E-state index < -0.39 is 0 Å². The van der Waals surface area contributed by atoms with E-state index in [4.69, 9.17) is 11.6 Å². The Balaban J connectivity index is 1.46. The van der Waals surface area contributed by atoms with Gasteiger partial charge in [0.05, 0.1) is 22.8 Å². The summed E-state index contributed by atoms with van der Waals surface area (Å²) < 4.78 is 0. The molecular weight excluding hydrogens is 404 g/mol. The molecule has 0 fully saturated rings. The summed E-state index contributed by atoms with van der Waals surface area (Å²) >= 11 is 7.79. The molecule has 0 saturated heterocycles. The standard InChI is InChI=1S/C22H15ClN4OS/c1-12(26-27-21-15-11-14(23)7-8-16(15)25-22(21)28)13-6-9-20-18(10-13)24-17-4-2-3-5-19(17)29-20/h2-11,24H,1H3,(H,25,27,28)/b26-12+. The van der Waals surface area contributed by atoms with Gasteiger partial charge in [-0.05, 0) is 55.0 Å². The molecule has 1 amide bonds. The first-order chi connectivity index (χ1) is 14.1. The van der Waals surface area contributed by atoms with Crippen molar-refractivity contribution in [3.8, 4) is 0 Å². The summed E-state index contributed by atoms with van der Waals surface area (Å²) in [5, 5.41) is 15.3. The lowest BCUT2D eigenvalue weighted by Gasteiger charge is -2.21. The van der Waals surface area contributed by atoms with Crippen LogP contribution in [0.15, 0.2) is 80.7 Å². The molecule has 29 heavy (non-hydrogen) atoms. The van der Waals surface area contributed by atoms with Crippen molar-refractivity contribution in [1.82, 2.24) is 0 Å². The SMILES string of the molecule is C/C(=N\N=C1/C(=O)Nc2ccc(Cl)cc21)c1ccc2c(c1)Nc1ccccc1S2. The predicted molar refractivity (Wildman–Crippen MR) is 119 cm³/mol. The number of carbonyl (C=O) groups is 1. The van der Waals surface area contributed by atoms with Crippen molar-refractivity contribution in [3.63, 3.8) is 0 Å². The van der Waals surface area contributed by atoms with E-state index in [1.165, 1.54) is 4.90 Å². The van der Waals surface area contributed by atoms with E-state index in [1.807, 2.05) is 25.1 Å². The number of fused-ring (bicyclic) bond motifs is 3. The molecule has 2 heterocycles. The summed E-state index contributed by atoms with van der Waals surface area (Å²) in [6, 6.07) is 19.6. The van der Waals surface area contributed by atoms with Gasteiger partial charge in [0, 0.05) is 20.4 Å². The predicted octanol–water partition coefficient (Wildman–Crippen LogP) is 5.71. The van der Waals surface area contributed by atoms with Gasteiger partial charge in [-0.25, -0.2) is 0 Å². The molecule has 0 aromatic heterocycles. The smallest absolute Gasteiger partial charge is 0.276 e. The molecule has 3 aromatic rings. The zero-order valence-electron chi connectivity index (χ0n) is 15.4. The summed E-state index contributed by atoms with van der Waals surface area (Å²) in [4.78, 5) is 14.6. The number of benzene rings is 3. The van der Waals surface area contributed by atoms with Crippen LogP contribution in [0.25, 0.3) is 0 Å². The van der Waals surface area contributed by atoms with Crippen LogP contribution in [0, 0.1) is 0 Å². The van der Waals surface area contributed by atoms with Gasteiger partial charge in [-0.3, -0.25) is 4.79 Å². The topological polar surface area (TPSA) is 65.8 Å². The van der Waals surface area contributed by atoms with E-state index in [1.54, 1.807) is 30.0 Å². The Hall–Kier alpha value is -3.09. The van der Waals surface area contributed by atoms with E-state index in [0.717, 1.165) is 21.8 Å². The summed E-state index contributed by atoms with van der Waals surface area (Å²) in [5.41, 5.74) is 5.40. The van der Waals surface area contributed by atoms with Crippen molar-refractivity contribution in [2.75, 3.05) is 10.6 Å². The van der Waals surface area contributed by atoms with Gasteiger partial charge in [0.2, 0.25) is 0 Å². The summed E-state index contributed by atoms with van der Waals surface area (Å²) in [7, 11) is 0. The van der Waals surface area contributed by atoms with Crippen LogP contribution in [0.3, 0.4) is 0 Å². The molecule has 0 saturated carbocycles. The van der Waals surface area contributed by atoms with Gasteiger partial charge in [-0.15, -0.1) is 5.10 Å². The molecular formula is C22H15ClN4OS.